The summed E-state index contributed by atoms with van der Waals surface area (Å²) in [6, 6.07) is 18.0. The minimum atomic E-state index is -0.350. The zero-order valence-electron chi connectivity index (χ0n) is 17.1. The molecule has 2 aromatic carbocycles. The Morgan fingerprint density at radius 3 is 2.69 bits per heavy atom. The molecule has 0 bridgehead atoms. The largest absolute Gasteiger partial charge is 0.455 e. The summed E-state index contributed by atoms with van der Waals surface area (Å²) in [6.07, 6.45) is 3.56. The molecule has 1 amide bonds. The summed E-state index contributed by atoms with van der Waals surface area (Å²) in [6.45, 7) is 1.95. The number of carbonyl (C=O) groups excluding carboxylic acids is 1. The van der Waals surface area contributed by atoms with E-state index in [2.05, 4.69) is 10.3 Å². The molecular formula is C25H18ClN3O3. The molecule has 5 aromatic rings. The van der Waals surface area contributed by atoms with E-state index in [1.165, 1.54) is 0 Å². The Morgan fingerprint density at radius 1 is 1.06 bits per heavy atom. The van der Waals surface area contributed by atoms with E-state index in [9.17, 15) is 9.59 Å². The van der Waals surface area contributed by atoms with Crippen molar-refractivity contribution < 1.29 is 9.21 Å². The molecule has 0 aliphatic heterocycles. The van der Waals surface area contributed by atoms with Crippen LogP contribution in [0.1, 0.15) is 21.6 Å². The average Bonchev–Trinajstić information content (AvgIpc) is 3.22. The van der Waals surface area contributed by atoms with Crippen molar-refractivity contribution in [2.75, 3.05) is 0 Å². The van der Waals surface area contributed by atoms with Crippen LogP contribution in [0, 0.1) is 6.92 Å². The highest BCUT2D eigenvalue weighted by molar-refractivity contribution is 6.30. The number of rotatable bonds is 4. The third-order valence-electron chi connectivity index (χ3n) is 5.32. The van der Waals surface area contributed by atoms with Crippen LogP contribution in [0.2, 0.25) is 5.02 Å². The Balaban J connectivity index is 1.50. The summed E-state index contributed by atoms with van der Waals surface area (Å²) in [5.74, 6) is 0.109. The molecule has 0 fully saturated rings. The van der Waals surface area contributed by atoms with Gasteiger partial charge < -0.3 is 14.1 Å². The van der Waals surface area contributed by atoms with Crippen LogP contribution >= 0.6 is 11.6 Å². The smallest absolute Gasteiger partial charge is 0.255 e. The molecule has 32 heavy (non-hydrogen) atoms. The van der Waals surface area contributed by atoms with Crippen LogP contribution in [0.25, 0.3) is 27.9 Å². The number of aromatic nitrogens is 2. The number of imidazole rings is 1. The molecule has 158 valence electrons. The van der Waals surface area contributed by atoms with Gasteiger partial charge in [-0.05, 0) is 31.2 Å². The molecule has 0 spiro atoms. The molecule has 0 aliphatic rings. The van der Waals surface area contributed by atoms with Crippen molar-refractivity contribution in [2.24, 2.45) is 0 Å². The standard InChI is InChI=1S/C25H18ClN3O3/c1-15-22(30)19-8-5-9-20(24(19)32-23(15)16-6-3-2-4-7-16)25(31)27-12-18-14-29-13-17(26)10-11-21(29)28-18/h2-11,13-14H,12H2,1H3,(H,27,31). The first-order chi connectivity index (χ1) is 15.5. The van der Waals surface area contributed by atoms with E-state index in [0.717, 1.165) is 11.2 Å². The zero-order valence-corrected chi connectivity index (χ0v) is 17.9. The number of nitrogens with zero attached hydrogens (tertiary/aromatic N) is 2. The second kappa shape index (κ2) is 7.98. The summed E-state index contributed by atoms with van der Waals surface area (Å²) in [5, 5.41) is 3.84. The number of pyridine rings is 1. The van der Waals surface area contributed by atoms with Crippen LogP contribution in [-0.4, -0.2) is 15.3 Å². The van der Waals surface area contributed by atoms with Crippen molar-refractivity contribution in [3.8, 4) is 11.3 Å². The molecule has 0 radical (unpaired) electrons. The molecule has 3 heterocycles. The van der Waals surface area contributed by atoms with Crippen LogP contribution in [-0.2, 0) is 6.54 Å². The SMILES string of the molecule is Cc1c(-c2ccccc2)oc2c(C(=O)NCc3cn4cc(Cl)ccc4n3)cccc2c1=O. The highest BCUT2D eigenvalue weighted by atomic mass is 35.5. The third kappa shape index (κ3) is 3.55. The lowest BCUT2D eigenvalue weighted by Gasteiger charge is -2.10. The van der Waals surface area contributed by atoms with E-state index in [1.807, 2.05) is 36.5 Å². The molecule has 6 nitrogen and oxygen atoms in total. The maximum atomic E-state index is 13.0. The lowest BCUT2D eigenvalue weighted by molar-refractivity contribution is 0.0951. The van der Waals surface area contributed by atoms with Crippen LogP contribution in [0.4, 0.5) is 0 Å². The van der Waals surface area contributed by atoms with Gasteiger partial charge in [0.2, 0.25) is 0 Å². The predicted octanol–water partition coefficient (Wildman–Crippen LogP) is 5.00. The Hall–Kier alpha value is -3.90. The first-order valence-electron chi connectivity index (χ1n) is 10.0. The second-order valence-corrected chi connectivity index (χ2v) is 7.90. The first kappa shape index (κ1) is 20.0. The van der Waals surface area contributed by atoms with Crippen LogP contribution in [0.3, 0.4) is 0 Å². The lowest BCUT2D eigenvalue weighted by Crippen LogP contribution is -2.23. The van der Waals surface area contributed by atoms with Gasteiger partial charge in [-0.2, -0.15) is 0 Å². The number of carbonyl (C=O) groups is 1. The van der Waals surface area contributed by atoms with E-state index in [1.54, 1.807) is 47.9 Å². The van der Waals surface area contributed by atoms with Gasteiger partial charge in [0.1, 0.15) is 11.4 Å². The van der Waals surface area contributed by atoms with E-state index in [-0.39, 0.29) is 23.5 Å². The minimum Gasteiger partial charge on any atom is -0.455 e. The van der Waals surface area contributed by atoms with Crippen molar-refractivity contribution in [3.63, 3.8) is 0 Å². The molecule has 0 aliphatic carbocycles. The fourth-order valence-corrected chi connectivity index (χ4v) is 3.89. The minimum absolute atomic E-state index is 0.156. The van der Waals surface area contributed by atoms with E-state index in [4.69, 9.17) is 16.0 Å². The van der Waals surface area contributed by atoms with Crippen molar-refractivity contribution in [1.29, 1.82) is 0 Å². The van der Waals surface area contributed by atoms with E-state index < -0.39 is 0 Å². The maximum Gasteiger partial charge on any atom is 0.255 e. The molecule has 0 saturated carbocycles. The number of amides is 1. The summed E-state index contributed by atoms with van der Waals surface area (Å²) < 4.78 is 7.93. The Morgan fingerprint density at radius 2 is 1.88 bits per heavy atom. The third-order valence-corrected chi connectivity index (χ3v) is 5.54. The van der Waals surface area contributed by atoms with Crippen molar-refractivity contribution >= 4 is 34.1 Å². The van der Waals surface area contributed by atoms with Crippen LogP contribution in [0.15, 0.2) is 82.3 Å². The van der Waals surface area contributed by atoms with Crippen LogP contribution in [0.5, 0.6) is 0 Å². The van der Waals surface area contributed by atoms with Crippen molar-refractivity contribution in [3.05, 3.63) is 105 Å². The van der Waals surface area contributed by atoms with Crippen molar-refractivity contribution in [1.82, 2.24) is 14.7 Å². The Labute approximate surface area is 188 Å². The highest BCUT2D eigenvalue weighted by Crippen LogP contribution is 2.27. The number of nitrogens with one attached hydrogen (secondary N) is 1. The normalized spacial score (nSPS) is 11.2. The molecule has 0 unspecified atom stereocenters. The van der Waals surface area contributed by atoms with Crippen LogP contribution < -0.4 is 10.7 Å². The number of benzene rings is 2. The van der Waals surface area contributed by atoms with Gasteiger partial charge in [-0.15, -0.1) is 0 Å². The maximum absolute atomic E-state index is 13.0. The van der Waals surface area contributed by atoms with Gasteiger partial charge in [0.25, 0.3) is 5.91 Å². The molecule has 5 rings (SSSR count). The zero-order chi connectivity index (χ0) is 22.2. The van der Waals surface area contributed by atoms with Gasteiger partial charge >= 0.3 is 0 Å². The average molecular weight is 444 g/mol. The van der Waals surface area contributed by atoms with Gasteiger partial charge in [0.05, 0.1) is 28.2 Å². The van der Waals surface area contributed by atoms with Crippen molar-refractivity contribution in [2.45, 2.75) is 13.5 Å². The van der Waals surface area contributed by atoms with Gasteiger partial charge in [0, 0.05) is 23.5 Å². The topological polar surface area (TPSA) is 76.6 Å². The molecule has 3 aromatic heterocycles. The first-order valence-corrected chi connectivity index (χ1v) is 10.4. The number of para-hydroxylation sites is 1. The lowest BCUT2D eigenvalue weighted by atomic mass is 10.0. The number of hydrogen-bond acceptors (Lipinski definition) is 4. The summed E-state index contributed by atoms with van der Waals surface area (Å²) in [7, 11) is 0. The monoisotopic (exact) mass is 443 g/mol. The second-order valence-electron chi connectivity index (χ2n) is 7.46. The number of fused-ring (bicyclic) bond motifs is 2. The Kier molecular flexibility index (Phi) is 4.99. The summed E-state index contributed by atoms with van der Waals surface area (Å²) >= 11 is 6.02. The van der Waals surface area contributed by atoms with Gasteiger partial charge in [-0.1, -0.05) is 48.0 Å². The highest BCUT2D eigenvalue weighted by Gasteiger charge is 2.18. The predicted molar refractivity (Wildman–Crippen MR) is 124 cm³/mol. The number of hydrogen-bond donors (Lipinski definition) is 1. The van der Waals surface area contributed by atoms with E-state index in [0.29, 0.717) is 33.0 Å². The quantitative estimate of drug-likeness (QED) is 0.424. The molecule has 0 saturated heterocycles. The van der Waals surface area contributed by atoms with Gasteiger partial charge in [0.15, 0.2) is 11.0 Å². The van der Waals surface area contributed by atoms with Gasteiger partial charge in [-0.3, -0.25) is 9.59 Å². The fraction of sp³-hybridized carbons (Fsp3) is 0.0800. The Bertz CT molecular complexity index is 1540. The fourth-order valence-electron chi connectivity index (χ4n) is 3.72. The van der Waals surface area contributed by atoms with Gasteiger partial charge in [-0.25, -0.2) is 4.98 Å². The number of halogens is 1. The van der Waals surface area contributed by atoms with E-state index >= 15 is 0 Å². The molecule has 0 atom stereocenters. The molecule has 7 heteroatoms. The summed E-state index contributed by atoms with van der Waals surface area (Å²) in [5.41, 5.74) is 3.11. The molecule has 1 N–H and O–H groups in total. The summed E-state index contributed by atoms with van der Waals surface area (Å²) in [4.78, 5) is 30.5. The molecular weight excluding hydrogens is 426 g/mol.